The topological polar surface area (TPSA) is 90.5 Å². The lowest BCUT2D eigenvalue weighted by Crippen LogP contribution is -2.32. The van der Waals surface area contributed by atoms with Crippen LogP contribution in [-0.2, 0) is 20.9 Å². The Morgan fingerprint density at radius 1 is 1.22 bits per heavy atom. The van der Waals surface area contributed by atoms with Crippen LogP contribution < -0.4 is 11.1 Å². The van der Waals surface area contributed by atoms with Crippen LogP contribution in [0.25, 0.3) is 11.1 Å². The quantitative estimate of drug-likeness (QED) is 0.655. The molecule has 2 aromatic carbocycles. The number of fused-ring (bicyclic) bond motifs is 1. The fourth-order valence-corrected chi connectivity index (χ4v) is 2.83. The second-order valence-electron chi connectivity index (χ2n) is 5.93. The first kappa shape index (κ1) is 18.7. The largest absolute Gasteiger partial charge is 0.454 e. The van der Waals surface area contributed by atoms with Gasteiger partial charge in [0, 0.05) is 5.02 Å². The maximum atomic E-state index is 12.0. The first-order valence-electron chi connectivity index (χ1n) is 8.23. The molecule has 140 valence electrons. The summed E-state index contributed by atoms with van der Waals surface area (Å²) in [6.45, 7) is 1.00. The highest BCUT2D eigenvalue weighted by Crippen LogP contribution is 2.17. The van der Waals surface area contributed by atoms with E-state index in [4.69, 9.17) is 20.8 Å². The van der Waals surface area contributed by atoms with Gasteiger partial charge in [0.1, 0.15) is 6.54 Å². The average molecular weight is 389 g/mol. The van der Waals surface area contributed by atoms with Gasteiger partial charge in [0.15, 0.2) is 12.2 Å². The number of ether oxygens (including phenoxy) is 1. The molecule has 1 heterocycles. The van der Waals surface area contributed by atoms with Crippen molar-refractivity contribution < 1.29 is 18.7 Å². The summed E-state index contributed by atoms with van der Waals surface area (Å²) in [7, 11) is 0. The van der Waals surface area contributed by atoms with E-state index < -0.39 is 24.2 Å². The predicted molar refractivity (Wildman–Crippen MR) is 99.4 cm³/mol. The normalized spacial score (nSPS) is 11.9. The third-order valence-electron chi connectivity index (χ3n) is 3.95. The lowest BCUT2D eigenvalue weighted by atomic mass is 10.1. The van der Waals surface area contributed by atoms with E-state index in [1.165, 1.54) is 0 Å². The van der Waals surface area contributed by atoms with Crippen molar-refractivity contribution in [2.24, 2.45) is 0 Å². The van der Waals surface area contributed by atoms with E-state index in [1.807, 2.05) is 6.07 Å². The highest BCUT2D eigenvalue weighted by molar-refractivity contribution is 6.30. The Bertz CT molecular complexity index is 1040. The van der Waals surface area contributed by atoms with E-state index in [2.05, 4.69) is 5.32 Å². The second-order valence-corrected chi connectivity index (χ2v) is 6.36. The SMILES string of the molecule is C[C@@H](NC(=O)COC(=O)Cn1c(=O)oc2ccccc21)c1cccc(Cl)c1. The molecule has 0 aliphatic heterocycles. The third kappa shape index (κ3) is 4.57. The van der Waals surface area contributed by atoms with Gasteiger partial charge in [0.05, 0.1) is 11.6 Å². The van der Waals surface area contributed by atoms with Gasteiger partial charge in [-0.15, -0.1) is 0 Å². The highest BCUT2D eigenvalue weighted by Gasteiger charge is 2.15. The number of hydrogen-bond donors (Lipinski definition) is 1. The summed E-state index contributed by atoms with van der Waals surface area (Å²) in [4.78, 5) is 35.8. The van der Waals surface area contributed by atoms with Crippen LogP contribution in [0.4, 0.5) is 0 Å². The van der Waals surface area contributed by atoms with E-state index >= 15 is 0 Å². The molecule has 1 N–H and O–H groups in total. The minimum absolute atomic E-state index is 0.296. The van der Waals surface area contributed by atoms with Gasteiger partial charge < -0.3 is 14.5 Å². The molecule has 0 aliphatic carbocycles. The van der Waals surface area contributed by atoms with Crippen LogP contribution >= 0.6 is 11.6 Å². The standard InChI is InChI=1S/C19H17ClN2O5/c1-12(13-5-4-6-14(20)9-13)21-17(23)11-26-18(24)10-22-15-7-2-3-8-16(15)27-19(22)25/h2-9,12H,10-11H2,1H3,(H,21,23)/t12-/m1/s1. The number of amides is 1. The molecule has 8 heteroatoms. The van der Waals surface area contributed by atoms with E-state index in [-0.39, 0.29) is 12.6 Å². The first-order chi connectivity index (χ1) is 12.9. The molecule has 1 atom stereocenters. The van der Waals surface area contributed by atoms with Crippen molar-refractivity contribution in [1.29, 1.82) is 0 Å². The van der Waals surface area contributed by atoms with Crippen molar-refractivity contribution in [2.75, 3.05) is 6.61 Å². The van der Waals surface area contributed by atoms with Crippen molar-refractivity contribution >= 4 is 34.6 Å². The van der Waals surface area contributed by atoms with Crippen molar-refractivity contribution in [3.05, 3.63) is 69.7 Å². The van der Waals surface area contributed by atoms with Crippen molar-refractivity contribution in [1.82, 2.24) is 9.88 Å². The number of oxazole rings is 1. The number of carbonyl (C=O) groups excluding carboxylic acids is 2. The summed E-state index contributed by atoms with van der Waals surface area (Å²) >= 11 is 5.93. The molecular formula is C19H17ClN2O5. The molecule has 0 saturated carbocycles. The van der Waals surface area contributed by atoms with E-state index in [1.54, 1.807) is 49.4 Å². The van der Waals surface area contributed by atoms with Crippen LogP contribution in [-0.4, -0.2) is 23.1 Å². The van der Waals surface area contributed by atoms with Crippen molar-refractivity contribution in [3.8, 4) is 0 Å². The molecule has 0 radical (unpaired) electrons. The Morgan fingerprint density at radius 2 is 2.00 bits per heavy atom. The van der Waals surface area contributed by atoms with Crippen molar-refractivity contribution in [2.45, 2.75) is 19.5 Å². The molecule has 0 unspecified atom stereocenters. The average Bonchev–Trinajstić information content (AvgIpc) is 2.95. The van der Waals surface area contributed by atoms with Crippen molar-refractivity contribution in [3.63, 3.8) is 0 Å². The zero-order valence-corrected chi connectivity index (χ0v) is 15.2. The second kappa shape index (κ2) is 8.09. The number of hydrogen-bond acceptors (Lipinski definition) is 5. The molecular weight excluding hydrogens is 372 g/mol. The minimum atomic E-state index is -0.714. The van der Waals surface area contributed by atoms with Gasteiger partial charge in [0.25, 0.3) is 5.91 Å². The number of nitrogens with one attached hydrogen (secondary N) is 1. The zero-order chi connectivity index (χ0) is 19.4. The summed E-state index contributed by atoms with van der Waals surface area (Å²) in [5.41, 5.74) is 1.69. The Labute approximate surface area is 159 Å². The summed E-state index contributed by atoms with van der Waals surface area (Å²) < 4.78 is 11.2. The Hall–Kier alpha value is -3.06. The van der Waals surface area contributed by atoms with E-state index in [9.17, 15) is 14.4 Å². The molecule has 0 fully saturated rings. The maximum Gasteiger partial charge on any atom is 0.420 e. The number of carbonyl (C=O) groups is 2. The predicted octanol–water partition coefficient (Wildman–Crippen LogP) is 2.67. The van der Waals surface area contributed by atoms with Crippen LogP contribution in [0.15, 0.2) is 57.7 Å². The molecule has 1 aromatic heterocycles. The van der Waals surface area contributed by atoms with Gasteiger partial charge in [-0.25, -0.2) is 4.79 Å². The molecule has 3 aromatic rings. The van der Waals surface area contributed by atoms with Gasteiger partial charge >= 0.3 is 11.7 Å². The number of benzene rings is 2. The first-order valence-corrected chi connectivity index (χ1v) is 8.60. The molecule has 27 heavy (non-hydrogen) atoms. The van der Waals surface area contributed by atoms with Crippen LogP contribution in [0.2, 0.25) is 5.02 Å². The molecule has 0 bridgehead atoms. The molecule has 0 saturated heterocycles. The fourth-order valence-electron chi connectivity index (χ4n) is 2.63. The summed E-state index contributed by atoms with van der Waals surface area (Å²) in [6, 6.07) is 13.5. The Morgan fingerprint density at radius 3 is 2.78 bits per heavy atom. The van der Waals surface area contributed by atoms with Gasteiger partial charge in [0.2, 0.25) is 0 Å². The van der Waals surface area contributed by atoms with E-state index in [0.717, 1.165) is 10.1 Å². The monoisotopic (exact) mass is 388 g/mol. The number of halogens is 1. The van der Waals surface area contributed by atoms with Crippen LogP contribution in [0, 0.1) is 0 Å². The molecule has 0 spiro atoms. The van der Waals surface area contributed by atoms with E-state index in [0.29, 0.717) is 16.1 Å². The van der Waals surface area contributed by atoms with Gasteiger partial charge in [-0.3, -0.25) is 14.2 Å². The number of para-hydroxylation sites is 2. The Kier molecular flexibility index (Phi) is 5.61. The lowest BCUT2D eigenvalue weighted by molar-refractivity contribution is -0.149. The van der Waals surface area contributed by atoms with Gasteiger partial charge in [-0.1, -0.05) is 35.9 Å². The number of aromatic nitrogens is 1. The summed E-state index contributed by atoms with van der Waals surface area (Å²) in [5, 5.41) is 3.28. The highest BCUT2D eigenvalue weighted by atomic mass is 35.5. The van der Waals surface area contributed by atoms with Crippen LogP contribution in [0.5, 0.6) is 0 Å². The van der Waals surface area contributed by atoms with Crippen LogP contribution in [0.1, 0.15) is 18.5 Å². The zero-order valence-electron chi connectivity index (χ0n) is 14.5. The number of rotatable bonds is 6. The molecule has 3 rings (SSSR count). The van der Waals surface area contributed by atoms with Gasteiger partial charge in [-0.05, 0) is 36.8 Å². The number of esters is 1. The summed E-state index contributed by atoms with van der Waals surface area (Å²) in [6.07, 6.45) is 0. The lowest BCUT2D eigenvalue weighted by Gasteiger charge is -2.14. The summed E-state index contributed by atoms with van der Waals surface area (Å²) in [5.74, 6) is -1.83. The van der Waals surface area contributed by atoms with Crippen LogP contribution in [0.3, 0.4) is 0 Å². The maximum absolute atomic E-state index is 12.0. The molecule has 7 nitrogen and oxygen atoms in total. The third-order valence-corrected chi connectivity index (χ3v) is 4.19. The molecule has 0 aliphatic rings. The number of nitrogens with zero attached hydrogens (tertiary/aromatic N) is 1. The Balaban J connectivity index is 1.55. The van der Waals surface area contributed by atoms with Gasteiger partial charge in [-0.2, -0.15) is 0 Å². The smallest absolute Gasteiger partial charge is 0.420 e. The fraction of sp³-hybridized carbons (Fsp3) is 0.211. The molecule has 1 amide bonds. The minimum Gasteiger partial charge on any atom is -0.454 e.